The maximum atomic E-state index is 13.7. The number of aromatic hydroxyl groups is 1. The fourth-order valence-corrected chi connectivity index (χ4v) is 3.95. The number of phenolic OH excluding ortho intramolecular Hbond substituents is 1. The summed E-state index contributed by atoms with van der Waals surface area (Å²) in [6.45, 7) is 5.45. The Kier molecular flexibility index (Phi) is 8.67. The second-order valence-electron chi connectivity index (χ2n) is 9.52. The number of hydrogen-bond acceptors (Lipinski definition) is 6. The molecule has 188 valence electrons. The van der Waals surface area contributed by atoms with E-state index < -0.39 is 35.6 Å². The van der Waals surface area contributed by atoms with Gasteiger partial charge in [-0.3, -0.25) is 9.59 Å². The van der Waals surface area contributed by atoms with E-state index in [1.807, 2.05) is 30.3 Å². The van der Waals surface area contributed by atoms with E-state index in [4.69, 9.17) is 4.74 Å². The largest absolute Gasteiger partial charge is 0.508 e. The van der Waals surface area contributed by atoms with Crippen LogP contribution in [0.4, 0.5) is 4.79 Å². The number of amides is 3. The normalized spacial score (nSPS) is 15.0. The summed E-state index contributed by atoms with van der Waals surface area (Å²) in [4.78, 5) is 41.1. The highest BCUT2D eigenvalue weighted by Crippen LogP contribution is 2.38. The zero-order valence-electron chi connectivity index (χ0n) is 20.2. The van der Waals surface area contributed by atoms with E-state index in [1.165, 1.54) is 11.0 Å². The Bertz CT molecular complexity index is 1040. The number of phenols is 1. The number of ether oxygens (including phenoxy) is 1. The van der Waals surface area contributed by atoms with Crippen LogP contribution in [-0.2, 0) is 20.9 Å². The molecule has 2 aromatic rings. The van der Waals surface area contributed by atoms with Gasteiger partial charge in [-0.1, -0.05) is 48.5 Å². The summed E-state index contributed by atoms with van der Waals surface area (Å²) in [6, 6.07) is 13.6. The smallest absolute Gasteiger partial charge is 0.408 e. The predicted molar refractivity (Wildman–Crippen MR) is 136 cm³/mol. The van der Waals surface area contributed by atoms with E-state index in [-0.39, 0.29) is 24.1 Å². The number of hydrogen-bond donors (Lipinski definition) is 4. The van der Waals surface area contributed by atoms with Crippen LogP contribution in [0.5, 0.6) is 5.75 Å². The molecule has 0 aliphatic heterocycles. The van der Waals surface area contributed by atoms with Crippen LogP contribution in [0.2, 0.25) is 0 Å². The van der Waals surface area contributed by atoms with Crippen molar-refractivity contribution in [3.63, 3.8) is 0 Å². The molecule has 2 atom stereocenters. The minimum Gasteiger partial charge on any atom is -0.508 e. The highest BCUT2D eigenvalue weighted by atomic mass is 32.1. The van der Waals surface area contributed by atoms with Gasteiger partial charge in [0.1, 0.15) is 23.4 Å². The van der Waals surface area contributed by atoms with Crippen LogP contribution in [0.15, 0.2) is 54.6 Å². The average molecular weight is 500 g/mol. The Hall–Kier alpha value is -3.20. The monoisotopic (exact) mass is 499 g/mol. The lowest BCUT2D eigenvalue weighted by Crippen LogP contribution is -2.54. The molecule has 9 heteroatoms. The quantitative estimate of drug-likeness (QED) is 0.395. The fraction of sp³-hybridized carbons (Fsp3) is 0.423. The van der Waals surface area contributed by atoms with Crippen LogP contribution in [0.25, 0.3) is 0 Å². The van der Waals surface area contributed by atoms with E-state index in [0.717, 1.165) is 5.56 Å². The molecule has 0 bridgehead atoms. The van der Waals surface area contributed by atoms with Gasteiger partial charge >= 0.3 is 6.09 Å². The van der Waals surface area contributed by atoms with Crippen LogP contribution < -0.4 is 10.6 Å². The number of nitrogens with one attached hydrogen (secondary N) is 2. The van der Waals surface area contributed by atoms with Gasteiger partial charge in [-0.05, 0) is 45.2 Å². The van der Waals surface area contributed by atoms with Gasteiger partial charge in [0.25, 0.3) is 0 Å². The first-order valence-corrected chi connectivity index (χ1v) is 12.3. The van der Waals surface area contributed by atoms with Gasteiger partial charge in [-0.25, -0.2) is 4.79 Å². The molecule has 1 aliphatic carbocycles. The average Bonchev–Trinajstić information content (AvgIpc) is 3.64. The van der Waals surface area contributed by atoms with Crippen molar-refractivity contribution in [3.8, 4) is 5.75 Å². The van der Waals surface area contributed by atoms with Crippen molar-refractivity contribution >= 4 is 30.5 Å². The molecule has 1 fully saturated rings. The third-order valence-corrected chi connectivity index (χ3v) is 5.80. The zero-order chi connectivity index (χ0) is 25.6. The standard InChI is InChI=1S/C26H33N3O5S/c1-26(2,3)34-25(33)28-20(16-35)24(32)29(18-13-14-18)22(19-11-7-8-12-21(19)30)23(31)27-15-17-9-5-4-6-10-17/h4-12,18,20,22,30,35H,13-16H2,1-3H3,(H,27,31)(H,28,33). The number of nitrogens with zero attached hydrogens (tertiary/aromatic N) is 1. The molecule has 0 spiro atoms. The molecule has 0 saturated heterocycles. The molecule has 3 N–H and O–H groups in total. The summed E-state index contributed by atoms with van der Waals surface area (Å²) in [6.07, 6.45) is 0.689. The van der Waals surface area contributed by atoms with Crippen LogP contribution in [0, 0.1) is 0 Å². The topological polar surface area (TPSA) is 108 Å². The number of carbonyl (C=O) groups excluding carboxylic acids is 3. The third-order valence-electron chi connectivity index (χ3n) is 5.43. The van der Waals surface area contributed by atoms with Crippen molar-refractivity contribution in [2.24, 2.45) is 0 Å². The summed E-state index contributed by atoms with van der Waals surface area (Å²) in [5, 5.41) is 16.1. The van der Waals surface area contributed by atoms with Crippen molar-refractivity contribution in [1.82, 2.24) is 15.5 Å². The Morgan fingerprint density at radius 2 is 1.71 bits per heavy atom. The number of rotatable bonds is 9. The van der Waals surface area contributed by atoms with Gasteiger partial charge < -0.3 is 25.4 Å². The van der Waals surface area contributed by atoms with Gasteiger partial charge in [-0.15, -0.1) is 0 Å². The second kappa shape index (κ2) is 11.5. The van der Waals surface area contributed by atoms with Gasteiger partial charge in [0.15, 0.2) is 0 Å². The van der Waals surface area contributed by atoms with E-state index in [0.29, 0.717) is 18.4 Å². The van der Waals surface area contributed by atoms with Gasteiger partial charge in [0.2, 0.25) is 11.8 Å². The van der Waals surface area contributed by atoms with Crippen LogP contribution in [-0.4, -0.2) is 51.4 Å². The molecular weight excluding hydrogens is 466 g/mol. The molecule has 2 aromatic carbocycles. The van der Waals surface area contributed by atoms with Gasteiger partial charge in [0.05, 0.1) is 0 Å². The summed E-state index contributed by atoms with van der Waals surface area (Å²) in [5.41, 5.74) is 0.481. The van der Waals surface area contributed by atoms with E-state index in [9.17, 15) is 19.5 Å². The number of thiol groups is 1. The third kappa shape index (κ3) is 7.39. The second-order valence-corrected chi connectivity index (χ2v) is 9.89. The Labute approximate surface area is 211 Å². The zero-order valence-corrected chi connectivity index (χ0v) is 21.1. The summed E-state index contributed by atoms with van der Waals surface area (Å²) in [7, 11) is 0. The van der Waals surface area contributed by atoms with Crippen molar-refractivity contribution in [2.45, 2.75) is 63.9 Å². The maximum Gasteiger partial charge on any atom is 0.408 e. The summed E-state index contributed by atoms with van der Waals surface area (Å²) < 4.78 is 5.30. The number of carbonyl (C=O) groups is 3. The first-order chi connectivity index (χ1) is 16.6. The molecule has 35 heavy (non-hydrogen) atoms. The van der Waals surface area contributed by atoms with Crippen molar-refractivity contribution < 1.29 is 24.2 Å². The molecule has 0 aromatic heterocycles. The molecule has 0 radical (unpaired) electrons. The molecule has 0 heterocycles. The SMILES string of the molecule is CC(C)(C)OC(=O)NC(CS)C(=O)N(C1CC1)C(C(=O)NCc1ccccc1)c1ccccc1O. The Morgan fingerprint density at radius 3 is 2.29 bits per heavy atom. The predicted octanol–water partition coefficient (Wildman–Crippen LogP) is 3.56. The van der Waals surface area contributed by atoms with Crippen molar-refractivity contribution in [3.05, 3.63) is 65.7 Å². The molecule has 3 rings (SSSR count). The van der Waals surface area contributed by atoms with Gasteiger partial charge in [0, 0.05) is 23.9 Å². The maximum absolute atomic E-state index is 13.7. The minimum absolute atomic E-state index is 0.0143. The first-order valence-electron chi connectivity index (χ1n) is 11.6. The minimum atomic E-state index is -1.08. The molecule has 8 nitrogen and oxygen atoms in total. The van der Waals surface area contributed by atoms with E-state index in [2.05, 4.69) is 23.3 Å². The lowest BCUT2D eigenvalue weighted by atomic mass is 10.0. The lowest BCUT2D eigenvalue weighted by molar-refractivity contribution is -0.142. The fourth-order valence-electron chi connectivity index (χ4n) is 3.70. The van der Waals surface area contributed by atoms with Gasteiger partial charge in [-0.2, -0.15) is 12.6 Å². The summed E-state index contributed by atoms with van der Waals surface area (Å²) in [5.74, 6) is -0.962. The number of para-hydroxylation sites is 1. The molecule has 1 saturated carbocycles. The van der Waals surface area contributed by atoms with E-state index >= 15 is 0 Å². The van der Waals surface area contributed by atoms with Crippen molar-refractivity contribution in [2.75, 3.05) is 5.75 Å². The number of alkyl carbamates (subject to hydrolysis) is 1. The molecule has 3 amide bonds. The van der Waals surface area contributed by atoms with E-state index in [1.54, 1.807) is 39.0 Å². The number of benzene rings is 2. The van der Waals surface area contributed by atoms with Crippen LogP contribution in [0.3, 0.4) is 0 Å². The molecular formula is C26H33N3O5S. The summed E-state index contributed by atoms with van der Waals surface area (Å²) >= 11 is 4.27. The van der Waals surface area contributed by atoms with Crippen molar-refractivity contribution in [1.29, 1.82) is 0 Å². The Balaban J connectivity index is 1.89. The highest BCUT2D eigenvalue weighted by Gasteiger charge is 2.44. The van der Waals surface area contributed by atoms with Crippen LogP contribution >= 0.6 is 12.6 Å². The lowest BCUT2D eigenvalue weighted by Gasteiger charge is -2.34. The highest BCUT2D eigenvalue weighted by molar-refractivity contribution is 7.80. The molecule has 2 unspecified atom stereocenters. The Morgan fingerprint density at radius 1 is 1.09 bits per heavy atom. The first kappa shape index (κ1) is 26.4. The van der Waals surface area contributed by atoms with Crippen LogP contribution in [0.1, 0.15) is 50.8 Å². The molecule has 1 aliphatic rings.